The summed E-state index contributed by atoms with van der Waals surface area (Å²) in [5.41, 5.74) is 0.0773. The molecule has 3 heterocycles. The van der Waals surface area contributed by atoms with E-state index in [1.807, 2.05) is 0 Å². The molecule has 0 aliphatic carbocycles. The minimum atomic E-state index is -1.52. The molecule has 1 aliphatic rings. The molecule has 1 N–H and O–H groups in total. The van der Waals surface area contributed by atoms with E-state index in [9.17, 15) is 18.7 Å². The molecule has 0 saturated carbocycles. The summed E-state index contributed by atoms with van der Waals surface area (Å²) >= 11 is 0. The Kier molecular flexibility index (Phi) is 4.19. The fourth-order valence-electron chi connectivity index (χ4n) is 3.25. The summed E-state index contributed by atoms with van der Waals surface area (Å²) in [4.78, 5) is 18.1. The minimum Gasteiger partial charge on any atom is -0.385 e. The summed E-state index contributed by atoms with van der Waals surface area (Å²) in [5.74, 6) is -2.35. The molecule has 1 aliphatic heterocycles. The van der Waals surface area contributed by atoms with Crippen LogP contribution >= 0.6 is 0 Å². The summed E-state index contributed by atoms with van der Waals surface area (Å²) < 4.78 is 28.3. The first-order valence-corrected chi connectivity index (χ1v) is 8.40. The molecule has 27 heavy (non-hydrogen) atoms. The van der Waals surface area contributed by atoms with Gasteiger partial charge in [-0.3, -0.25) is 9.78 Å². The van der Waals surface area contributed by atoms with Gasteiger partial charge >= 0.3 is 0 Å². The zero-order valence-corrected chi connectivity index (χ0v) is 14.2. The fraction of sp³-hybridized carbons (Fsp3) is 0.211. The van der Waals surface area contributed by atoms with Crippen LogP contribution < -0.4 is 4.90 Å². The van der Waals surface area contributed by atoms with E-state index in [1.54, 1.807) is 41.6 Å². The zero-order valence-electron chi connectivity index (χ0n) is 14.2. The maximum atomic E-state index is 13.5. The summed E-state index contributed by atoms with van der Waals surface area (Å²) in [6.07, 6.45) is 6.55. The van der Waals surface area contributed by atoms with Crippen LogP contribution in [0.1, 0.15) is 18.4 Å². The Morgan fingerprint density at radius 3 is 2.56 bits per heavy atom. The lowest BCUT2D eigenvalue weighted by atomic mass is 9.84. The van der Waals surface area contributed by atoms with Crippen LogP contribution in [0.3, 0.4) is 0 Å². The van der Waals surface area contributed by atoms with E-state index in [4.69, 9.17) is 0 Å². The molecule has 1 amide bonds. The second-order valence-electron chi connectivity index (χ2n) is 6.48. The molecule has 1 saturated heterocycles. The Morgan fingerprint density at radius 2 is 1.85 bits per heavy atom. The largest absolute Gasteiger partial charge is 0.385 e. The molecule has 138 valence electrons. The molecular formula is C19H16F2N4O2. The number of nitrogens with zero attached hydrogens (tertiary/aromatic N) is 4. The van der Waals surface area contributed by atoms with Crippen molar-refractivity contribution < 1.29 is 18.7 Å². The molecule has 0 radical (unpaired) electrons. The number of hydrogen-bond acceptors (Lipinski definition) is 4. The van der Waals surface area contributed by atoms with Gasteiger partial charge in [-0.2, -0.15) is 5.10 Å². The van der Waals surface area contributed by atoms with Crippen molar-refractivity contribution in [2.45, 2.75) is 18.4 Å². The van der Waals surface area contributed by atoms with E-state index in [-0.39, 0.29) is 30.9 Å². The Labute approximate surface area is 153 Å². The number of carbonyl (C=O) groups is 1. The van der Waals surface area contributed by atoms with Gasteiger partial charge in [0.25, 0.3) is 0 Å². The van der Waals surface area contributed by atoms with Crippen LogP contribution in [-0.2, 0) is 10.4 Å². The van der Waals surface area contributed by atoms with Crippen LogP contribution in [0.5, 0.6) is 0 Å². The number of aromatic nitrogens is 3. The first-order chi connectivity index (χ1) is 13.0. The molecule has 8 heteroatoms. The number of carbonyl (C=O) groups excluding carboxylic acids is 1. The molecular weight excluding hydrogens is 354 g/mol. The third-order valence-corrected chi connectivity index (χ3v) is 4.76. The fourth-order valence-corrected chi connectivity index (χ4v) is 3.25. The molecule has 6 nitrogen and oxygen atoms in total. The van der Waals surface area contributed by atoms with Gasteiger partial charge in [-0.05, 0) is 36.2 Å². The van der Waals surface area contributed by atoms with E-state index in [1.165, 1.54) is 11.0 Å². The second-order valence-corrected chi connectivity index (χ2v) is 6.48. The summed E-state index contributed by atoms with van der Waals surface area (Å²) in [6.45, 7) is 0.233. The quantitative estimate of drug-likeness (QED) is 0.769. The Balaban J connectivity index is 1.55. The predicted molar refractivity (Wildman–Crippen MR) is 93.2 cm³/mol. The van der Waals surface area contributed by atoms with Crippen molar-refractivity contribution in [1.29, 1.82) is 0 Å². The van der Waals surface area contributed by atoms with Gasteiger partial charge in [-0.1, -0.05) is 6.07 Å². The van der Waals surface area contributed by atoms with E-state index in [2.05, 4.69) is 10.1 Å². The van der Waals surface area contributed by atoms with Gasteiger partial charge in [0, 0.05) is 18.9 Å². The lowest BCUT2D eigenvalue weighted by molar-refractivity contribution is -0.127. The third-order valence-electron chi connectivity index (χ3n) is 4.76. The molecule has 1 aromatic carbocycles. The molecule has 3 aromatic rings. The average molecular weight is 370 g/mol. The third kappa shape index (κ3) is 3.19. The lowest BCUT2D eigenvalue weighted by Gasteiger charge is -2.37. The summed E-state index contributed by atoms with van der Waals surface area (Å²) in [5, 5.41) is 15.1. The second kappa shape index (κ2) is 6.55. The highest BCUT2D eigenvalue weighted by molar-refractivity contribution is 5.94. The van der Waals surface area contributed by atoms with Gasteiger partial charge in [-0.15, -0.1) is 0 Å². The van der Waals surface area contributed by atoms with Gasteiger partial charge in [0.15, 0.2) is 11.6 Å². The number of piperidine rings is 1. The first-order valence-electron chi connectivity index (χ1n) is 8.40. The number of anilines is 1. The summed E-state index contributed by atoms with van der Waals surface area (Å²) in [7, 11) is 0. The average Bonchev–Trinajstić information content (AvgIpc) is 3.14. The number of benzene rings is 1. The van der Waals surface area contributed by atoms with E-state index >= 15 is 0 Å². The van der Waals surface area contributed by atoms with E-state index in [0.717, 1.165) is 17.8 Å². The van der Waals surface area contributed by atoms with Crippen LogP contribution in [0.2, 0.25) is 0 Å². The first kappa shape index (κ1) is 17.3. The number of aliphatic hydroxyl groups is 1. The van der Waals surface area contributed by atoms with Crippen molar-refractivity contribution in [1.82, 2.24) is 14.8 Å². The van der Waals surface area contributed by atoms with Gasteiger partial charge < -0.3 is 10.0 Å². The van der Waals surface area contributed by atoms with Crippen molar-refractivity contribution >= 4 is 11.6 Å². The smallest absolute Gasteiger partial charge is 0.230 e. The number of amides is 1. The topological polar surface area (TPSA) is 71.2 Å². The van der Waals surface area contributed by atoms with E-state index in [0.29, 0.717) is 5.69 Å². The molecule has 2 aromatic heterocycles. The maximum absolute atomic E-state index is 13.5. The van der Waals surface area contributed by atoms with Crippen molar-refractivity contribution in [2.24, 2.45) is 0 Å². The predicted octanol–water partition coefficient (Wildman–Crippen LogP) is 2.56. The molecule has 1 unspecified atom stereocenters. The van der Waals surface area contributed by atoms with Crippen LogP contribution in [0.25, 0.3) is 5.69 Å². The highest BCUT2D eigenvalue weighted by Crippen LogP contribution is 2.35. The maximum Gasteiger partial charge on any atom is 0.230 e. The number of rotatable bonds is 3. The van der Waals surface area contributed by atoms with Crippen molar-refractivity contribution in [3.63, 3.8) is 0 Å². The summed E-state index contributed by atoms with van der Waals surface area (Å²) in [6, 6.07) is 6.79. The van der Waals surface area contributed by atoms with Gasteiger partial charge in [0.2, 0.25) is 5.91 Å². The van der Waals surface area contributed by atoms with Crippen molar-refractivity contribution in [2.75, 3.05) is 11.4 Å². The van der Waals surface area contributed by atoms with Gasteiger partial charge in [0.1, 0.15) is 5.60 Å². The van der Waals surface area contributed by atoms with Crippen LogP contribution in [-0.4, -0.2) is 32.3 Å². The lowest BCUT2D eigenvalue weighted by Crippen LogP contribution is -2.46. The van der Waals surface area contributed by atoms with Crippen LogP contribution in [0.15, 0.2) is 55.1 Å². The Hall–Kier alpha value is -3.13. The van der Waals surface area contributed by atoms with Crippen molar-refractivity contribution in [3.05, 3.63) is 72.3 Å². The number of hydrogen-bond donors (Lipinski definition) is 1. The molecule has 1 fully saturated rings. The van der Waals surface area contributed by atoms with Crippen LogP contribution in [0, 0.1) is 11.6 Å². The van der Waals surface area contributed by atoms with Gasteiger partial charge in [0.05, 0.1) is 30.2 Å². The van der Waals surface area contributed by atoms with Gasteiger partial charge in [-0.25, -0.2) is 13.5 Å². The highest BCUT2D eigenvalue weighted by Gasteiger charge is 2.39. The monoisotopic (exact) mass is 370 g/mol. The Morgan fingerprint density at radius 1 is 1.07 bits per heavy atom. The molecule has 1 atom stereocenters. The van der Waals surface area contributed by atoms with Crippen LogP contribution in [0.4, 0.5) is 14.5 Å². The normalized spacial score (nSPS) is 20.1. The highest BCUT2D eigenvalue weighted by atomic mass is 19.2. The van der Waals surface area contributed by atoms with Crippen molar-refractivity contribution in [3.8, 4) is 5.69 Å². The standard InChI is InChI=1S/C19H16F2N4O2/c20-16-2-1-13(9-17(16)21)19(27)5-8-24(18(26)10-19)15-11-23-25(12-15)14-3-6-22-7-4-14/h1-4,6-7,9,11-12,27H,5,8,10H2. The zero-order chi connectivity index (χ0) is 19.0. The number of pyridine rings is 1. The minimum absolute atomic E-state index is 0.196. The number of halogens is 2. The molecule has 4 rings (SSSR count). The SMILES string of the molecule is O=C1CC(O)(c2ccc(F)c(F)c2)CCN1c1cnn(-c2ccncc2)c1. The Bertz CT molecular complexity index is 992. The molecule has 0 bridgehead atoms. The molecule has 0 spiro atoms. The van der Waals surface area contributed by atoms with E-state index < -0.39 is 17.2 Å².